The summed E-state index contributed by atoms with van der Waals surface area (Å²) in [5.41, 5.74) is 0.136. The fourth-order valence-corrected chi connectivity index (χ4v) is 1.95. The van der Waals surface area contributed by atoms with Gasteiger partial charge >= 0.3 is 5.82 Å². The molecule has 15 heavy (non-hydrogen) atoms. The highest BCUT2D eigenvalue weighted by Crippen LogP contribution is 2.30. The zero-order valence-corrected chi connectivity index (χ0v) is 9.29. The molecule has 0 spiro atoms. The van der Waals surface area contributed by atoms with Crippen molar-refractivity contribution in [1.82, 2.24) is 4.98 Å². The summed E-state index contributed by atoms with van der Waals surface area (Å²) < 4.78 is 25.0. The monoisotopic (exact) mass is 280 g/mol. The van der Waals surface area contributed by atoms with Crippen LogP contribution in [0.3, 0.4) is 0 Å². The van der Waals surface area contributed by atoms with Crippen molar-refractivity contribution in [3.63, 3.8) is 0 Å². The van der Waals surface area contributed by atoms with Crippen molar-refractivity contribution in [3.8, 4) is 0 Å². The predicted molar refractivity (Wildman–Crippen MR) is 53.2 cm³/mol. The van der Waals surface area contributed by atoms with Gasteiger partial charge in [0.1, 0.15) is 6.20 Å². The van der Waals surface area contributed by atoms with Gasteiger partial charge in [0, 0.05) is 5.33 Å². The van der Waals surface area contributed by atoms with Gasteiger partial charge < -0.3 is 10.1 Å². The molecule has 0 fully saturated rings. The van der Waals surface area contributed by atoms with E-state index in [1.54, 1.807) is 0 Å². The van der Waals surface area contributed by atoms with Crippen LogP contribution >= 0.6 is 15.9 Å². The highest BCUT2D eigenvalue weighted by atomic mass is 79.9. The number of aromatic nitrogens is 1. The van der Waals surface area contributed by atoms with Gasteiger partial charge in [-0.05, 0) is 22.4 Å². The molecule has 1 rings (SSSR count). The lowest BCUT2D eigenvalue weighted by atomic mass is 10.1. The quantitative estimate of drug-likeness (QED) is 0.486. The van der Waals surface area contributed by atoms with Crippen LogP contribution in [0, 0.1) is 17.0 Å². The molecule has 0 bridgehead atoms. The van der Waals surface area contributed by atoms with Crippen LogP contribution in [0.5, 0.6) is 0 Å². The van der Waals surface area contributed by atoms with Crippen molar-refractivity contribution in [3.05, 3.63) is 33.0 Å². The first kappa shape index (κ1) is 12.0. The van der Waals surface area contributed by atoms with Gasteiger partial charge in [-0.2, -0.15) is 0 Å². The van der Waals surface area contributed by atoms with E-state index in [0.29, 0.717) is 0 Å². The van der Waals surface area contributed by atoms with Gasteiger partial charge in [0.15, 0.2) is 0 Å². The Morgan fingerprint density at radius 3 is 2.67 bits per heavy atom. The molecule has 4 nitrogen and oxygen atoms in total. The summed E-state index contributed by atoms with van der Waals surface area (Å²) in [6, 6.07) is 0. The van der Waals surface area contributed by atoms with Crippen molar-refractivity contribution in [1.29, 1.82) is 0 Å². The van der Waals surface area contributed by atoms with Crippen molar-refractivity contribution in [2.45, 2.75) is 18.7 Å². The number of halogens is 3. The molecule has 0 amide bonds. The Morgan fingerprint density at radius 1 is 1.67 bits per heavy atom. The molecule has 1 heterocycles. The fraction of sp³-hybridized carbons (Fsp3) is 0.375. The molecule has 0 aliphatic heterocycles. The Labute approximate surface area is 92.6 Å². The summed E-state index contributed by atoms with van der Waals surface area (Å²) in [4.78, 5) is 13.2. The normalized spacial score (nSPS) is 10.7. The van der Waals surface area contributed by atoms with Crippen LogP contribution in [0.2, 0.25) is 0 Å². The molecule has 7 heteroatoms. The van der Waals surface area contributed by atoms with Crippen LogP contribution in [0.4, 0.5) is 14.6 Å². The molecule has 1 aromatic heterocycles. The van der Waals surface area contributed by atoms with E-state index in [9.17, 15) is 18.9 Å². The minimum Gasteiger partial charge on any atom is -0.358 e. The van der Waals surface area contributed by atoms with Crippen LogP contribution in [-0.2, 0) is 5.33 Å². The SMILES string of the molecule is Cc1c([N+](=O)[O-])ncc(C(F)F)c1CBr. The van der Waals surface area contributed by atoms with Crippen molar-refractivity contribution in [2.24, 2.45) is 0 Å². The summed E-state index contributed by atoms with van der Waals surface area (Å²) in [6.45, 7) is 1.41. The van der Waals surface area contributed by atoms with Gasteiger partial charge in [0.05, 0.1) is 11.1 Å². The standard InChI is InChI=1S/C8H7BrF2N2O2/c1-4-5(2-9)6(7(10)11)3-12-8(4)13(14)15/h3,7H,2H2,1H3. The van der Waals surface area contributed by atoms with Gasteiger partial charge in [-0.25, -0.2) is 8.78 Å². The Hall–Kier alpha value is -1.11. The maximum absolute atomic E-state index is 12.5. The summed E-state index contributed by atoms with van der Waals surface area (Å²) in [5, 5.41) is 10.7. The van der Waals surface area contributed by atoms with Crippen molar-refractivity contribution < 1.29 is 13.7 Å². The number of alkyl halides is 3. The van der Waals surface area contributed by atoms with Crippen LogP contribution < -0.4 is 0 Å². The minimum absolute atomic E-state index is 0.141. The maximum Gasteiger partial charge on any atom is 0.366 e. The first-order chi connectivity index (χ1) is 6.99. The van der Waals surface area contributed by atoms with Gasteiger partial charge in [0.2, 0.25) is 0 Å². The Balaban J connectivity index is 3.39. The molecule has 0 atom stereocenters. The van der Waals surface area contributed by atoms with Crippen molar-refractivity contribution >= 4 is 21.7 Å². The molecule has 0 radical (unpaired) electrons. The van der Waals surface area contributed by atoms with E-state index in [-0.39, 0.29) is 27.8 Å². The second kappa shape index (κ2) is 4.61. The largest absolute Gasteiger partial charge is 0.366 e. The lowest BCUT2D eigenvalue weighted by Gasteiger charge is -2.07. The zero-order chi connectivity index (χ0) is 11.6. The van der Waals surface area contributed by atoms with E-state index >= 15 is 0 Å². The van der Waals surface area contributed by atoms with E-state index in [2.05, 4.69) is 20.9 Å². The Morgan fingerprint density at radius 2 is 2.27 bits per heavy atom. The number of hydrogen-bond donors (Lipinski definition) is 0. The lowest BCUT2D eigenvalue weighted by Crippen LogP contribution is -2.03. The van der Waals surface area contributed by atoms with Crippen LogP contribution in [0.15, 0.2) is 6.20 Å². The van der Waals surface area contributed by atoms with Crippen LogP contribution in [0.1, 0.15) is 23.1 Å². The predicted octanol–water partition coefficient (Wildman–Crippen LogP) is 3.13. The van der Waals surface area contributed by atoms with Gasteiger partial charge in [-0.3, -0.25) is 0 Å². The number of hydrogen-bond acceptors (Lipinski definition) is 3. The average molecular weight is 281 g/mol. The summed E-state index contributed by atoms with van der Waals surface area (Å²) in [5.74, 6) is -0.381. The molecule has 0 saturated heterocycles. The fourth-order valence-electron chi connectivity index (χ4n) is 1.21. The third kappa shape index (κ3) is 2.28. The first-order valence-corrected chi connectivity index (χ1v) is 5.08. The van der Waals surface area contributed by atoms with Gasteiger partial charge in [-0.15, -0.1) is 0 Å². The molecular weight excluding hydrogens is 274 g/mol. The third-order valence-corrected chi connectivity index (χ3v) is 2.56. The molecule has 0 aromatic carbocycles. The van der Waals surface area contributed by atoms with E-state index in [0.717, 1.165) is 6.20 Å². The topological polar surface area (TPSA) is 56.0 Å². The zero-order valence-electron chi connectivity index (χ0n) is 7.71. The van der Waals surface area contributed by atoms with Gasteiger partial charge in [0.25, 0.3) is 6.43 Å². The van der Waals surface area contributed by atoms with Crippen molar-refractivity contribution in [2.75, 3.05) is 0 Å². The van der Waals surface area contributed by atoms with Gasteiger partial charge in [-0.1, -0.05) is 15.9 Å². The average Bonchev–Trinajstić information content (AvgIpc) is 2.16. The Kier molecular flexibility index (Phi) is 3.67. The maximum atomic E-state index is 12.5. The first-order valence-electron chi connectivity index (χ1n) is 3.96. The summed E-state index contributed by atoms with van der Waals surface area (Å²) >= 11 is 3.03. The molecular formula is C8H7BrF2N2O2. The minimum atomic E-state index is -2.68. The summed E-state index contributed by atoms with van der Waals surface area (Å²) in [6.07, 6.45) is -1.82. The van der Waals surface area contributed by atoms with E-state index in [1.807, 2.05) is 0 Å². The second-order valence-electron chi connectivity index (χ2n) is 2.83. The van der Waals surface area contributed by atoms with E-state index in [1.165, 1.54) is 6.92 Å². The van der Waals surface area contributed by atoms with Crippen LogP contribution in [0.25, 0.3) is 0 Å². The smallest absolute Gasteiger partial charge is 0.358 e. The van der Waals surface area contributed by atoms with Crippen LogP contribution in [-0.4, -0.2) is 9.91 Å². The molecule has 1 aromatic rings. The number of pyridine rings is 1. The molecule has 82 valence electrons. The highest BCUT2D eigenvalue weighted by Gasteiger charge is 2.23. The molecule has 0 aliphatic carbocycles. The number of rotatable bonds is 3. The number of nitro groups is 1. The molecule has 0 saturated carbocycles. The summed E-state index contributed by atoms with van der Waals surface area (Å²) in [7, 11) is 0. The molecule has 0 aliphatic rings. The lowest BCUT2D eigenvalue weighted by molar-refractivity contribution is -0.390. The van der Waals surface area contributed by atoms with E-state index in [4.69, 9.17) is 0 Å². The number of nitrogens with zero attached hydrogens (tertiary/aromatic N) is 2. The second-order valence-corrected chi connectivity index (χ2v) is 3.39. The molecule has 0 unspecified atom stereocenters. The van der Waals surface area contributed by atoms with E-state index < -0.39 is 11.3 Å². The Bertz CT molecular complexity index is 398. The molecule has 0 N–H and O–H groups in total. The third-order valence-electron chi connectivity index (χ3n) is 2.00. The highest BCUT2D eigenvalue weighted by molar-refractivity contribution is 9.08.